The van der Waals surface area contributed by atoms with Gasteiger partial charge in [0.2, 0.25) is 0 Å². The molecule has 4 nitrogen and oxygen atoms in total. The van der Waals surface area contributed by atoms with E-state index in [0.717, 1.165) is 0 Å². The minimum atomic E-state index is -1.80. The fraction of sp³-hybridized carbons (Fsp3) is 0.857. The Morgan fingerprint density at radius 1 is 1.45 bits per heavy atom. The van der Waals surface area contributed by atoms with Crippen LogP contribution in [0.25, 0.3) is 0 Å². The number of hydrogen-bond donors (Lipinski definition) is 1. The van der Waals surface area contributed by atoms with Gasteiger partial charge in [0.25, 0.3) is 5.79 Å². The summed E-state index contributed by atoms with van der Waals surface area (Å²) in [4.78, 5) is 10.9. The first kappa shape index (κ1) is 10.4. The van der Waals surface area contributed by atoms with Gasteiger partial charge in [0.1, 0.15) is 0 Å². The Kier molecular flexibility index (Phi) is 4.07. The number of aliphatic hydroxyl groups is 1. The third-order valence-corrected chi connectivity index (χ3v) is 1.08. The summed E-state index contributed by atoms with van der Waals surface area (Å²) in [6.45, 7) is 5.12. The predicted octanol–water partition coefficient (Wildman–Crippen LogP) is 0.295. The topological polar surface area (TPSA) is 55.8 Å². The molecule has 0 fully saturated rings. The largest absolute Gasteiger partial charge is 0.462 e. The quantitative estimate of drug-likeness (QED) is 0.477. The lowest BCUT2D eigenvalue weighted by atomic mass is 10.3. The molecule has 0 saturated carbocycles. The van der Waals surface area contributed by atoms with Gasteiger partial charge in [0, 0.05) is 13.5 Å². The first-order valence-corrected chi connectivity index (χ1v) is 3.58. The molecule has 0 saturated heterocycles. The van der Waals surface area contributed by atoms with Gasteiger partial charge in [-0.15, -0.1) is 0 Å². The van der Waals surface area contributed by atoms with Crippen molar-refractivity contribution in [2.75, 3.05) is 13.2 Å². The number of ether oxygens (including phenoxy) is 2. The van der Waals surface area contributed by atoms with E-state index in [-0.39, 0.29) is 13.2 Å². The maximum absolute atomic E-state index is 10.9. The summed E-state index contributed by atoms with van der Waals surface area (Å²) in [5.74, 6) is -2.55. The zero-order chi connectivity index (χ0) is 8.91. The highest BCUT2D eigenvalue weighted by molar-refractivity contribution is 5.76. The van der Waals surface area contributed by atoms with Crippen LogP contribution in [-0.2, 0) is 14.3 Å². The van der Waals surface area contributed by atoms with Crippen LogP contribution in [-0.4, -0.2) is 30.1 Å². The zero-order valence-electron chi connectivity index (χ0n) is 7.09. The number of carbonyl (C=O) groups is 1. The molecule has 0 spiro atoms. The fourth-order valence-corrected chi connectivity index (χ4v) is 0.605. The molecule has 0 aliphatic heterocycles. The van der Waals surface area contributed by atoms with Crippen LogP contribution >= 0.6 is 0 Å². The Morgan fingerprint density at radius 3 is 2.36 bits per heavy atom. The van der Waals surface area contributed by atoms with E-state index in [0.29, 0.717) is 0 Å². The molecular formula is C7H14O4. The second-order valence-electron chi connectivity index (χ2n) is 2.14. The van der Waals surface area contributed by atoms with E-state index in [2.05, 4.69) is 4.74 Å². The van der Waals surface area contributed by atoms with E-state index in [1.807, 2.05) is 0 Å². The third-order valence-electron chi connectivity index (χ3n) is 1.08. The van der Waals surface area contributed by atoms with E-state index in [1.165, 1.54) is 6.92 Å². The highest BCUT2D eigenvalue weighted by atomic mass is 16.7. The molecule has 0 rings (SSSR count). The lowest BCUT2D eigenvalue weighted by Gasteiger charge is -2.19. The van der Waals surface area contributed by atoms with E-state index in [4.69, 9.17) is 4.74 Å². The van der Waals surface area contributed by atoms with Gasteiger partial charge < -0.3 is 14.6 Å². The highest BCUT2D eigenvalue weighted by Crippen LogP contribution is 2.07. The lowest BCUT2D eigenvalue weighted by Crippen LogP contribution is -2.39. The van der Waals surface area contributed by atoms with Crippen LogP contribution in [0.2, 0.25) is 0 Å². The van der Waals surface area contributed by atoms with Crippen molar-refractivity contribution in [3.8, 4) is 0 Å². The van der Waals surface area contributed by atoms with E-state index >= 15 is 0 Å². The van der Waals surface area contributed by atoms with Crippen LogP contribution < -0.4 is 0 Å². The summed E-state index contributed by atoms with van der Waals surface area (Å²) >= 11 is 0. The van der Waals surface area contributed by atoms with Crippen molar-refractivity contribution in [2.45, 2.75) is 26.6 Å². The predicted molar refractivity (Wildman–Crippen MR) is 38.9 cm³/mol. The van der Waals surface area contributed by atoms with Gasteiger partial charge in [0.05, 0.1) is 6.61 Å². The molecule has 1 N–H and O–H groups in total. The average Bonchev–Trinajstić information content (AvgIpc) is 1.88. The Hall–Kier alpha value is -0.610. The van der Waals surface area contributed by atoms with Gasteiger partial charge in [-0.3, -0.25) is 0 Å². The number of hydrogen-bond acceptors (Lipinski definition) is 4. The van der Waals surface area contributed by atoms with Crippen LogP contribution in [0, 0.1) is 0 Å². The highest BCUT2D eigenvalue weighted by Gasteiger charge is 2.32. The number of carbonyl (C=O) groups excluding carboxylic acids is 1. The first-order valence-electron chi connectivity index (χ1n) is 3.58. The monoisotopic (exact) mass is 162 g/mol. The lowest BCUT2D eigenvalue weighted by molar-refractivity contribution is -0.219. The Labute approximate surface area is 66.1 Å². The molecule has 1 atom stereocenters. The van der Waals surface area contributed by atoms with Crippen LogP contribution in [0.15, 0.2) is 0 Å². The first-order chi connectivity index (χ1) is 5.04. The summed E-state index contributed by atoms with van der Waals surface area (Å²) in [6.07, 6.45) is 0. The van der Waals surface area contributed by atoms with Gasteiger partial charge >= 0.3 is 5.97 Å². The molecule has 4 heteroatoms. The fourth-order valence-electron chi connectivity index (χ4n) is 0.605. The third kappa shape index (κ3) is 3.34. The van der Waals surface area contributed by atoms with Gasteiger partial charge in [-0.2, -0.15) is 0 Å². The van der Waals surface area contributed by atoms with E-state index in [1.54, 1.807) is 13.8 Å². The maximum Gasteiger partial charge on any atom is 0.366 e. The maximum atomic E-state index is 10.9. The number of rotatable bonds is 4. The Bertz CT molecular complexity index is 130. The van der Waals surface area contributed by atoms with E-state index in [9.17, 15) is 9.90 Å². The van der Waals surface area contributed by atoms with Crippen LogP contribution in [0.1, 0.15) is 20.8 Å². The minimum Gasteiger partial charge on any atom is -0.462 e. The molecule has 0 aliphatic rings. The molecule has 0 aromatic carbocycles. The Balaban J connectivity index is 3.94. The smallest absolute Gasteiger partial charge is 0.366 e. The van der Waals surface area contributed by atoms with Crippen LogP contribution in [0.5, 0.6) is 0 Å². The summed E-state index contributed by atoms with van der Waals surface area (Å²) < 4.78 is 9.27. The van der Waals surface area contributed by atoms with Crippen molar-refractivity contribution < 1.29 is 19.4 Å². The summed E-state index contributed by atoms with van der Waals surface area (Å²) in [7, 11) is 0. The summed E-state index contributed by atoms with van der Waals surface area (Å²) in [6, 6.07) is 0. The summed E-state index contributed by atoms with van der Waals surface area (Å²) in [5.41, 5.74) is 0. The van der Waals surface area contributed by atoms with Gasteiger partial charge in [-0.05, 0) is 13.8 Å². The van der Waals surface area contributed by atoms with Gasteiger partial charge in [-0.1, -0.05) is 0 Å². The van der Waals surface area contributed by atoms with Gasteiger partial charge in [-0.25, -0.2) is 4.79 Å². The number of esters is 1. The SMILES string of the molecule is CCOC(=O)C(C)(O)OCC. The molecule has 11 heavy (non-hydrogen) atoms. The molecule has 0 amide bonds. The molecule has 66 valence electrons. The molecule has 0 aliphatic carbocycles. The van der Waals surface area contributed by atoms with Crippen molar-refractivity contribution in [3.05, 3.63) is 0 Å². The van der Waals surface area contributed by atoms with Crippen molar-refractivity contribution in [3.63, 3.8) is 0 Å². The van der Waals surface area contributed by atoms with Crippen molar-refractivity contribution >= 4 is 5.97 Å². The second-order valence-corrected chi connectivity index (χ2v) is 2.14. The van der Waals surface area contributed by atoms with E-state index < -0.39 is 11.8 Å². The molecule has 0 aromatic rings. The van der Waals surface area contributed by atoms with Crippen LogP contribution in [0.4, 0.5) is 0 Å². The second kappa shape index (κ2) is 4.31. The molecule has 0 bridgehead atoms. The van der Waals surface area contributed by atoms with Crippen molar-refractivity contribution in [2.24, 2.45) is 0 Å². The minimum absolute atomic E-state index is 0.238. The summed E-state index contributed by atoms with van der Waals surface area (Å²) in [5, 5.41) is 9.22. The molecule has 0 heterocycles. The average molecular weight is 162 g/mol. The van der Waals surface area contributed by atoms with Crippen molar-refractivity contribution in [1.29, 1.82) is 0 Å². The molecular weight excluding hydrogens is 148 g/mol. The molecule has 0 aromatic heterocycles. The normalized spacial score (nSPS) is 15.6. The zero-order valence-corrected chi connectivity index (χ0v) is 7.09. The Morgan fingerprint density at radius 2 is 2.00 bits per heavy atom. The van der Waals surface area contributed by atoms with Crippen molar-refractivity contribution in [1.82, 2.24) is 0 Å². The van der Waals surface area contributed by atoms with Gasteiger partial charge in [0.15, 0.2) is 0 Å². The standard InChI is InChI=1S/C7H14O4/c1-4-10-6(8)7(3,9)11-5-2/h9H,4-5H2,1-3H3. The van der Waals surface area contributed by atoms with Crippen LogP contribution in [0.3, 0.4) is 0 Å². The molecule has 1 unspecified atom stereocenters. The molecule has 0 radical (unpaired) electrons.